The number of aromatic nitrogens is 3. The van der Waals surface area contributed by atoms with Crippen LogP contribution >= 0.6 is 0 Å². The summed E-state index contributed by atoms with van der Waals surface area (Å²) in [5.41, 5.74) is 2.47. The van der Waals surface area contributed by atoms with Crippen molar-refractivity contribution in [1.29, 1.82) is 0 Å². The fourth-order valence-electron chi connectivity index (χ4n) is 2.43. The van der Waals surface area contributed by atoms with Crippen LogP contribution in [-0.4, -0.2) is 21.5 Å². The highest BCUT2D eigenvalue weighted by molar-refractivity contribution is 5.42. The Hall–Kier alpha value is -3.02. The maximum atomic E-state index is 13.6. The molecule has 2 N–H and O–H groups in total. The Kier molecular flexibility index (Phi) is 5.51. The number of benzene rings is 1. The normalized spacial score (nSPS) is 10.5. The van der Waals surface area contributed by atoms with E-state index in [2.05, 4.69) is 25.6 Å². The maximum absolute atomic E-state index is 13.6. The molecule has 0 unspecified atom stereocenters. The SMILES string of the molecule is Cc1cc(NCc2ccccn2)nc(NCCc2ccccc2F)n1. The smallest absolute Gasteiger partial charge is 0.224 e. The molecule has 128 valence electrons. The van der Waals surface area contributed by atoms with E-state index in [0.717, 1.165) is 17.2 Å². The second-order valence-electron chi connectivity index (χ2n) is 5.66. The van der Waals surface area contributed by atoms with E-state index in [1.165, 1.54) is 6.07 Å². The van der Waals surface area contributed by atoms with Gasteiger partial charge >= 0.3 is 0 Å². The van der Waals surface area contributed by atoms with Crippen molar-refractivity contribution in [3.8, 4) is 0 Å². The van der Waals surface area contributed by atoms with Gasteiger partial charge in [0.05, 0.1) is 12.2 Å². The van der Waals surface area contributed by atoms with E-state index in [-0.39, 0.29) is 5.82 Å². The molecule has 0 spiro atoms. The van der Waals surface area contributed by atoms with Gasteiger partial charge in [0.2, 0.25) is 5.95 Å². The molecule has 0 aliphatic rings. The fourth-order valence-corrected chi connectivity index (χ4v) is 2.43. The van der Waals surface area contributed by atoms with E-state index in [4.69, 9.17) is 0 Å². The molecule has 25 heavy (non-hydrogen) atoms. The van der Waals surface area contributed by atoms with E-state index in [9.17, 15) is 4.39 Å². The van der Waals surface area contributed by atoms with Crippen LogP contribution in [0.1, 0.15) is 17.0 Å². The van der Waals surface area contributed by atoms with Crippen molar-refractivity contribution in [3.05, 3.63) is 77.5 Å². The molecular weight excluding hydrogens is 317 g/mol. The van der Waals surface area contributed by atoms with E-state index in [1.54, 1.807) is 18.3 Å². The number of rotatable bonds is 7. The van der Waals surface area contributed by atoms with Gasteiger partial charge in [-0.3, -0.25) is 4.98 Å². The lowest BCUT2D eigenvalue weighted by atomic mass is 10.1. The van der Waals surface area contributed by atoms with Gasteiger partial charge in [-0.1, -0.05) is 24.3 Å². The van der Waals surface area contributed by atoms with Crippen LogP contribution < -0.4 is 10.6 Å². The lowest BCUT2D eigenvalue weighted by molar-refractivity contribution is 0.610. The number of hydrogen-bond donors (Lipinski definition) is 2. The fraction of sp³-hybridized carbons (Fsp3) is 0.211. The number of aryl methyl sites for hydroxylation is 1. The van der Waals surface area contributed by atoms with Gasteiger partial charge in [-0.2, -0.15) is 4.98 Å². The summed E-state index contributed by atoms with van der Waals surface area (Å²) in [6.45, 7) is 3.06. The molecule has 0 aliphatic heterocycles. The molecule has 3 rings (SSSR count). The molecule has 0 bridgehead atoms. The molecule has 0 saturated heterocycles. The summed E-state index contributed by atoms with van der Waals surface area (Å²) in [6, 6.07) is 14.4. The van der Waals surface area contributed by atoms with Gasteiger partial charge in [-0.15, -0.1) is 0 Å². The molecule has 0 saturated carbocycles. The zero-order chi connectivity index (χ0) is 17.5. The monoisotopic (exact) mass is 337 g/mol. The second kappa shape index (κ2) is 8.19. The quantitative estimate of drug-likeness (QED) is 0.690. The number of nitrogens with one attached hydrogen (secondary N) is 2. The van der Waals surface area contributed by atoms with E-state index >= 15 is 0 Å². The van der Waals surface area contributed by atoms with E-state index in [0.29, 0.717) is 31.0 Å². The third-order valence-electron chi connectivity index (χ3n) is 3.67. The Morgan fingerprint density at radius 1 is 1.00 bits per heavy atom. The Morgan fingerprint density at radius 2 is 1.84 bits per heavy atom. The zero-order valence-electron chi connectivity index (χ0n) is 14.0. The highest BCUT2D eigenvalue weighted by atomic mass is 19.1. The average Bonchev–Trinajstić information content (AvgIpc) is 2.62. The van der Waals surface area contributed by atoms with Gasteiger partial charge in [0.15, 0.2) is 0 Å². The first kappa shape index (κ1) is 16.8. The maximum Gasteiger partial charge on any atom is 0.224 e. The molecule has 0 amide bonds. The summed E-state index contributed by atoms with van der Waals surface area (Å²) in [7, 11) is 0. The molecule has 2 heterocycles. The van der Waals surface area contributed by atoms with Crippen molar-refractivity contribution < 1.29 is 4.39 Å². The van der Waals surface area contributed by atoms with Crippen molar-refractivity contribution in [2.24, 2.45) is 0 Å². The van der Waals surface area contributed by atoms with Crippen molar-refractivity contribution in [3.63, 3.8) is 0 Å². The van der Waals surface area contributed by atoms with E-state index in [1.807, 2.05) is 37.3 Å². The van der Waals surface area contributed by atoms with Gasteiger partial charge in [0.25, 0.3) is 0 Å². The molecule has 0 fully saturated rings. The minimum Gasteiger partial charge on any atom is -0.364 e. The lowest BCUT2D eigenvalue weighted by Crippen LogP contribution is -2.11. The van der Waals surface area contributed by atoms with Gasteiger partial charge in [-0.25, -0.2) is 9.37 Å². The van der Waals surface area contributed by atoms with Gasteiger partial charge in [0.1, 0.15) is 11.6 Å². The minimum atomic E-state index is -0.188. The molecule has 6 heteroatoms. The molecule has 0 atom stereocenters. The van der Waals surface area contributed by atoms with Crippen LogP contribution in [0.4, 0.5) is 16.2 Å². The Bertz CT molecular complexity index is 823. The molecule has 1 aromatic carbocycles. The number of nitrogens with zero attached hydrogens (tertiary/aromatic N) is 3. The summed E-state index contributed by atoms with van der Waals surface area (Å²) in [4.78, 5) is 13.1. The molecule has 0 radical (unpaired) electrons. The standard InChI is InChI=1S/C19H20FN5/c1-14-12-18(23-13-16-7-4-5-10-21-16)25-19(24-14)22-11-9-15-6-2-3-8-17(15)20/h2-8,10,12H,9,11,13H2,1H3,(H2,22,23,24,25). The molecule has 3 aromatic rings. The number of halogens is 1. The molecule has 2 aromatic heterocycles. The van der Waals surface area contributed by atoms with Crippen molar-refractivity contribution in [2.45, 2.75) is 19.9 Å². The van der Waals surface area contributed by atoms with Crippen molar-refractivity contribution in [2.75, 3.05) is 17.2 Å². The first-order valence-electron chi connectivity index (χ1n) is 8.17. The highest BCUT2D eigenvalue weighted by Gasteiger charge is 2.04. The van der Waals surface area contributed by atoms with Crippen LogP contribution in [-0.2, 0) is 13.0 Å². The lowest BCUT2D eigenvalue weighted by Gasteiger charge is -2.10. The predicted molar refractivity (Wildman–Crippen MR) is 96.9 cm³/mol. The Balaban J connectivity index is 1.58. The number of pyridine rings is 1. The van der Waals surface area contributed by atoms with Crippen LogP contribution in [0.5, 0.6) is 0 Å². The molecule has 5 nitrogen and oxygen atoms in total. The van der Waals surface area contributed by atoms with Gasteiger partial charge < -0.3 is 10.6 Å². The topological polar surface area (TPSA) is 62.7 Å². The van der Waals surface area contributed by atoms with Crippen LogP contribution in [0.15, 0.2) is 54.7 Å². The Morgan fingerprint density at radius 3 is 2.64 bits per heavy atom. The zero-order valence-corrected chi connectivity index (χ0v) is 14.0. The number of hydrogen-bond acceptors (Lipinski definition) is 5. The summed E-state index contributed by atoms with van der Waals surface area (Å²) in [6.07, 6.45) is 2.33. The van der Waals surface area contributed by atoms with Crippen LogP contribution in [0.2, 0.25) is 0 Å². The summed E-state index contributed by atoms with van der Waals surface area (Å²) in [5, 5.41) is 6.40. The Labute approximate surface area is 146 Å². The third-order valence-corrected chi connectivity index (χ3v) is 3.67. The third kappa shape index (κ3) is 4.97. The first-order chi connectivity index (χ1) is 12.2. The second-order valence-corrected chi connectivity index (χ2v) is 5.66. The first-order valence-corrected chi connectivity index (χ1v) is 8.17. The summed E-state index contributed by atoms with van der Waals surface area (Å²) < 4.78 is 13.6. The van der Waals surface area contributed by atoms with Crippen LogP contribution in [0.25, 0.3) is 0 Å². The summed E-state index contributed by atoms with van der Waals surface area (Å²) in [5.74, 6) is 1.07. The minimum absolute atomic E-state index is 0.188. The van der Waals surface area contributed by atoms with Gasteiger partial charge in [0, 0.05) is 24.5 Å². The van der Waals surface area contributed by atoms with E-state index < -0.39 is 0 Å². The average molecular weight is 337 g/mol. The number of anilines is 2. The summed E-state index contributed by atoms with van der Waals surface area (Å²) >= 11 is 0. The van der Waals surface area contributed by atoms with Gasteiger partial charge in [-0.05, 0) is 37.1 Å². The van der Waals surface area contributed by atoms with Crippen molar-refractivity contribution in [1.82, 2.24) is 15.0 Å². The largest absolute Gasteiger partial charge is 0.364 e. The molecular formula is C19H20FN5. The van der Waals surface area contributed by atoms with Crippen LogP contribution in [0, 0.1) is 12.7 Å². The van der Waals surface area contributed by atoms with Crippen LogP contribution in [0.3, 0.4) is 0 Å². The predicted octanol–water partition coefficient (Wildman–Crippen LogP) is 3.59. The highest BCUT2D eigenvalue weighted by Crippen LogP contribution is 2.12. The molecule has 0 aliphatic carbocycles. The van der Waals surface area contributed by atoms with Crippen molar-refractivity contribution >= 4 is 11.8 Å².